The minimum atomic E-state index is -0.379. The van der Waals surface area contributed by atoms with Crippen LogP contribution >= 0.6 is 0 Å². The van der Waals surface area contributed by atoms with E-state index in [9.17, 15) is 4.79 Å². The number of carbonyl (C=O) groups excluding carboxylic acids is 1. The number of tetrazole rings is 1. The van der Waals surface area contributed by atoms with E-state index in [-0.39, 0.29) is 11.9 Å². The van der Waals surface area contributed by atoms with E-state index in [0.717, 1.165) is 25.2 Å². The number of amides is 1. The molecule has 2 aromatic rings. The monoisotopic (exact) mass is 326 g/mol. The molecule has 126 valence electrons. The quantitative estimate of drug-likeness (QED) is 0.830. The number of hydrogen-bond donors (Lipinski definition) is 0. The summed E-state index contributed by atoms with van der Waals surface area (Å²) in [5, 5.41) is 11.4. The lowest BCUT2D eigenvalue weighted by molar-refractivity contribution is -0.137. The van der Waals surface area contributed by atoms with Crippen molar-refractivity contribution in [2.24, 2.45) is 0 Å². The molecule has 7 nitrogen and oxygen atoms in total. The Hall–Kier alpha value is -2.28. The molecule has 2 unspecified atom stereocenters. The van der Waals surface area contributed by atoms with Crippen molar-refractivity contribution in [1.82, 2.24) is 30.0 Å². The molecular formula is C17H22N6O. The van der Waals surface area contributed by atoms with Crippen molar-refractivity contribution < 1.29 is 4.79 Å². The molecule has 4 rings (SSSR count). The lowest BCUT2D eigenvalue weighted by Crippen LogP contribution is -2.53. The van der Waals surface area contributed by atoms with Gasteiger partial charge in [0.1, 0.15) is 12.4 Å². The van der Waals surface area contributed by atoms with Crippen LogP contribution in [-0.2, 0) is 11.2 Å². The summed E-state index contributed by atoms with van der Waals surface area (Å²) in [5.74, 6) is 0.123. The molecule has 2 saturated heterocycles. The topological polar surface area (TPSA) is 67.2 Å². The number of fused-ring (bicyclic) bond motifs is 1. The van der Waals surface area contributed by atoms with Gasteiger partial charge >= 0.3 is 0 Å². The third kappa shape index (κ3) is 3.03. The number of rotatable bonds is 4. The molecule has 0 saturated carbocycles. The van der Waals surface area contributed by atoms with Gasteiger partial charge < -0.3 is 4.90 Å². The minimum Gasteiger partial charge on any atom is -0.338 e. The smallest absolute Gasteiger partial charge is 0.248 e. The molecule has 2 aliphatic rings. The molecule has 24 heavy (non-hydrogen) atoms. The van der Waals surface area contributed by atoms with Gasteiger partial charge in [0.15, 0.2) is 0 Å². The average molecular weight is 326 g/mol. The van der Waals surface area contributed by atoms with Crippen LogP contribution in [0.5, 0.6) is 0 Å². The first-order valence-electron chi connectivity index (χ1n) is 8.60. The lowest BCUT2D eigenvalue weighted by atomic mass is 10.0. The third-order valence-corrected chi connectivity index (χ3v) is 5.14. The van der Waals surface area contributed by atoms with E-state index in [0.29, 0.717) is 12.5 Å². The normalized spacial score (nSPS) is 22.3. The number of hydrogen-bond acceptors (Lipinski definition) is 5. The van der Waals surface area contributed by atoms with Crippen molar-refractivity contribution in [2.45, 2.75) is 31.3 Å². The predicted octanol–water partition coefficient (Wildman–Crippen LogP) is 0.763. The summed E-state index contributed by atoms with van der Waals surface area (Å²) in [7, 11) is 0. The van der Waals surface area contributed by atoms with Gasteiger partial charge in [0, 0.05) is 32.1 Å². The van der Waals surface area contributed by atoms with Crippen LogP contribution in [0.4, 0.5) is 0 Å². The fraction of sp³-hybridized carbons (Fsp3) is 0.529. The highest BCUT2D eigenvalue weighted by molar-refractivity contribution is 5.80. The zero-order chi connectivity index (χ0) is 16.4. The van der Waals surface area contributed by atoms with E-state index >= 15 is 0 Å². The van der Waals surface area contributed by atoms with Crippen LogP contribution in [-0.4, -0.2) is 68.1 Å². The molecular weight excluding hydrogens is 304 g/mol. The molecule has 3 heterocycles. The van der Waals surface area contributed by atoms with Gasteiger partial charge in [-0.05, 0) is 35.4 Å². The summed E-state index contributed by atoms with van der Waals surface area (Å²) in [4.78, 5) is 17.7. The minimum absolute atomic E-state index is 0.123. The predicted molar refractivity (Wildman–Crippen MR) is 88.2 cm³/mol. The first-order chi connectivity index (χ1) is 11.8. The first kappa shape index (κ1) is 15.3. The lowest BCUT2D eigenvalue weighted by Gasteiger charge is -2.38. The maximum atomic E-state index is 13.2. The van der Waals surface area contributed by atoms with Crippen LogP contribution in [0.3, 0.4) is 0 Å². The van der Waals surface area contributed by atoms with E-state index in [1.54, 1.807) is 4.68 Å². The molecule has 0 N–H and O–H groups in total. The number of nitrogens with zero attached hydrogens (tertiary/aromatic N) is 6. The molecule has 2 atom stereocenters. The van der Waals surface area contributed by atoms with Gasteiger partial charge in [-0.3, -0.25) is 9.69 Å². The summed E-state index contributed by atoms with van der Waals surface area (Å²) in [6.07, 6.45) is 4.58. The average Bonchev–Trinajstić information content (AvgIpc) is 3.30. The maximum absolute atomic E-state index is 13.2. The summed E-state index contributed by atoms with van der Waals surface area (Å²) < 4.78 is 1.59. The standard InChI is InChI=1S/C17H22N6O/c24-17(22-10-9-21-8-4-7-15(21)12-22)16(23-13-18-19-20-23)11-14-5-2-1-3-6-14/h1-3,5-6,13,15-16H,4,7-12H2. The zero-order valence-electron chi connectivity index (χ0n) is 13.7. The van der Waals surface area contributed by atoms with Gasteiger partial charge in [-0.25, -0.2) is 4.68 Å². The van der Waals surface area contributed by atoms with Crippen LogP contribution in [0.2, 0.25) is 0 Å². The fourth-order valence-electron chi connectivity index (χ4n) is 3.84. The second-order valence-corrected chi connectivity index (χ2v) is 6.61. The van der Waals surface area contributed by atoms with Crippen molar-refractivity contribution in [1.29, 1.82) is 0 Å². The van der Waals surface area contributed by atoms with E-state index < -0.39 is 0 Å². The number of piperazine rings is 1. The van der Waals surface area contributed by atoms with E-state index in [2.05, 4.69) is 20.4 Å². The molecule has 1 aromatic heterocycles. The number of benzene rings is 1. The molecule has 2 fully saturated rings. The summed E-state index contributed by atoms with van der Waals surface area (Å²) in [6.45, 7) is 3.77. The highest BCUT2D eigenvalue weighted by Crippen LogP contribution is 2.24. The second-order valence-electron chi connectivity index (χ2n) is 6.61. The highest BCUT2D eigenvalue weighted by atomic mass is 16.2. The molecule has 1 amide bonds. The fourth-order valence-corrected chi connectivity index (χ4v) is 3.84. The Morgan fingerprint density at radius 3 is 2.88 bits per heavy atom. The van der Waals surface area contributed by atoms with Gasteiger partial charge in [-0.2, -0.15) is 0 Å². The van der Waals surface area contributed by atoms with Crippen molar-refractivity contribution >= 4 is 5.91 Å². The summed E-state index contributed by atoms with van der Waals surface area (Å²) in [5.41, 5.74) is 1.12. The van der Waals surface area contributed by atoms with Crippen LogP contribution in [0.1, 0.15) is 24.4 Å². The zero-order valence-corrected chi connectivity index (χ0v) is 13.7. The Morgan fingerprint density at radius 2 is 2.08 bits per heavy atom. The Kier molecular flexibility index (Phi) is 4.25. The second kappa shape index (κ2) is 6.68. The van der Waals surface area contributed by atoms with Gasteiger partial charge in [0.2, 0.25) is 5.91 Å². The van der Waals surface area contributed by atoms with Crippen LogP contribution in [0.25, 0.3) is 0 Å². The van der Waals surface area contributed by atoms with Gasteiger partial charge in [-0.1, -0.05) is 30.3 Å². The third-order valence-electron chi connectivity index (χ3n) is 5.14. The van der Waals surface area contributed by atoms with E-state index in [1.807, 2.05) is 35.2 Å². The van der Waals surface area contributed by atoms with Crippen LogP contribution < -0.4 is 0 Å². The van der Waals surface area contributed by atoms with Gasteiger partial charge in [0.05, 0.1) is 0 Å². The summed E-state index contributed by atoms with van der Waals surface area (Å²) >= 11 is 0. The largest absolute Gasteiger partial charge is 0.338 e. The number of aromatic nitrogens is 4. The summed E-state index contributed by atoms with van der Waals surface area (Å²) in [6, 6.07) is 10.2. The van der Waals surface area contributed by atoms with Crippen molar-refractivity contribution in [3.63, 3.8) is 0 Å². The molecule has 0 radical (unpaired) electrons. The Bertz CT molecular complexity index is 674. The van der Waals surface area contributed by atoms with Crippen LogP contribution in [0.15, 0.2) is 36.7 Å². The highest BCUT2D eigenvalue weighted by Gasteiger charge is 2.35. The Balaban J connectivity index is 1.53. The first-order valence-corrected chi connectivity index (χ1v) is 8.60. The van der Waals surface area contributed by atoms with E-state index in [4.69, 9.17) is 0 Å². The van der Waals surface area contributed by atoms with Crippen molar-refractivity contribution in [3.8, 4) is 0 Å². The molecule has 0 spiro atoms. The maximum Gasteiger partial charge on any atom is 0.248 e. The SMILES string of the molecule is O=C(C(Cc1ccccc1)n1cnnn1)N1CCN2CCCC2C1. The van der Waals surface area contributed by atoms with Gasteiger partial charge in [-0.15, -0.1) is 5.10 Å². The molecule has 0 bridgehead atoms. The number of carbonyl (C=O) groups is 1. The molecule has 0 aliphatic carbocycles. The Morgan fingerprint density at radius 1 is 1.21 bits per heavy atom. The van der Waals surface area contributed by atoms with Gasteiger partial charge in [0.25, 0.3) is 0 Å². The molecule has 7 heteroatoms. The van der Waals surface area contributed by atoms with Crippen molar-refractivity contribution in [2.75, 3.05) is 26.2 Å². The molecule has 2 aliphatic heterocycles. The van der Waals surface area contributed by atoms with Crippen LogP contribution in [0, 0.1) is 0 Å². The molecule has 1 aromatic carbocycles. The van der Waals surface area contributed by atoms with Crippen molar-refractivity contribution in [3.05, 3.63) is 42.2 Å². The Labute approximate surface area is 141 Å². The van der Waals surface area contributed by atoms with E-state index in [1.165, 1.54) is 25.7 Å².